The predicted molar refractivity (Wildman–Crippen MR) is 145 cm³/mol. The SMILES string of the molecule is CCCOc1ccc(S(=O)(=O)N2CCN(Cc3nn[nH]n3)CC2)cc1-c1nc2c(CCC)cn(C)c2c(=O)[nH]1. The first-order valence-corrected chi connectivity index (χ1v) is 14.6. The van der Waals surface area contributed by atoms with E-state index in [0.717, 1.165) is 24.8 Å². The molecule has 1 saturated heterocycles. The Balaban J connectivity index is 1.48. The summed E-state index contributed by atoms with van der Waals surface area (Å²) in [7, 11) is -1.98. The molecule has 0 atom stereocenters. The molecule has 4 aromatic rings. The Hall–Kier alpha value is -3.62. The van der Waals surface area contributed by atoms with Gasteiger partial charge in [-0.1, -0.05) is 25.5 Å². The number of H-pyrrole nitrogens is 2. The van der Waals surface area contributed by atoms with Gasteiger partial charge in [-0.2, -0.15) is 9.52 Å². The number of rotatable bonds is 10. The van der Waals surface area contributed by atoms with Crippen molar-refractivity contribution >= 4 is 21.1 Å². The smallest absolute Gasteiger partial charge is 0.275 e. The van der Waals surface area contributed by atoms with Crippen molar-refractivity contribution in [2.45, 2.75) is 44.6 Å². The lowest BCUT2D eigenvalue weighted by atomic mass is 10.1. The zero-order valence-corrected chi connectivity index (χ0v) is 23.2. The van der Waals surface area contributed by atoms with Crippen LogP contribution < -0.4 is 10.3 Å². The van der Waals surface area contributed by atoms with Crippen LogP contribution in [0, 0.1) is 0 Å². The zero-order valence-electron chi connectivity index (χ0n) is 22.3. The molecule has 0 amide bonds. The Morgan fingerprint density at radius 3 is 2.59 bits per heavy atom. The second kappa shape index (κ2) is 11.2. The summed E-state index contributed by atoms with van der Waals surface area (Å²) in [6, 6.07) is 4.75. The van der Waals surface area contributed by atoms with E-state index in [1.54, 1.807) is 22.8 Å². The molecule has 1 aliphatic rings. The van der Waals surface area contributed by atoms with Gasteiger partial charge in [0.2, 0.25) is 10.0 Å². The third-order valence-electron chi connectivity index (χ3n) is 6.81. The molecule has 0 spiro atoms. The number of aromatic amines is 2. The Labute approximate surface area is 226 Å². The fourth-order valence-electron chi connectivity index (χ4n) is 4.88. The van der Waals surface area contributed by atoms with Gasteiger partial charge in [-0.15, -0.1) is 10.2 Å². The molecule has 0 aliphatic carbocycles. The molecule has 13 nitrogen and oxygen atoms in total. The van der Waals surface area contributed by atoms with Crippen LogP contribution in [0.1, 0.15) is 38.1 Å². The van der Waals surface area contributed by atoms with Crippen LogP contribution in [0.25, 0.3) is 22.4 Å². The molecule has 0 radical (unpaired) electrons. The summed E-state index contributed by atoms with van der Waals surface area (Å²) in [4.78, 5) is 23.0. The van der Waals surface area contributed by atoms with Gasteiger partial charge in [-0.05, 0) is 36.6 Å². The van der Waals surface area contributed by atoms with Crippen molar-refractivity contribution in [3.8, 4) is 17.1 Å². The van der Waals surface area contributed by atoms with E-state index in [4.69, 9.17) is 9.72 Å². The lowest BCUT2D eigenvalue weighted by Crippen LogP contribution is -2.48. The first kappa shape index (κ1) is 27.0. The minimum atomic E-state index is -3.80. The summed E-state index contributed by atoms with van der Waals surface area (Å²) >= 11 is 0. The lowest BCUT2D eigenvalue weighted by molar-refractivity contribution is 0.178. The lowest BCUT2D eigenvalue weighted by Gasteiger charge is -2.33. The molecule has 14 heteroatoms. The van der Waals surface area contributed by atoms with Crippen molar-refractivity contribution in [3.05, 3.63) is 46.1 Å². The topological polar surface area (TPSA) is 155 Å². The van der Waals surface area contributed by atoms with E-state index in [1.165, 1.54) is 4.31 Å². The number of nitrogens with one attached hydrogen (secondary N) is 2. The number of fused-ring (bicyclic) bond motifs is 1. The molecule has 5 rings (SSSR count). The summed E-state index contributed by atoms with van der Waals surface area (Å²) in [5.74, 6) is 1.32. The van der Waals surface area contributed by atoms with Crippen molar-refractivity contribution in [3.63, 3.8) is 0 Å². The summed E-state index contributed by atoms with van der Waals surface area (Å²) in [5.41, 5.74) is 2.23. The molecule has 1 aromatic carbocycles. The average Bonchev–Trinajstić information content (AvgIpc) is 3.55. The molecular formula is C25H33N9O4S. The molecule has 0 saturated carbocycles. The Bertz CT molecular complexity index is 1600. The summed E-state index contributed by atoms with van der Waals surface area (Å²) in [6.45, 7) is 6.74. The van der Waals surface area contributed by atoms with Gasteiger partial charge in [0.15, 0.2) is 5.82 Å². The van der Waals surface area contributed by atoms with Crippen LogP contribution in [0.15, 0.2) is 34.1 Å². The highest BCUT2D eigenvalue weighted by Gasteiger charge is 2.30. The maximum atomic E-state index is 13.7. The van der Waals surface area contributed by atoms with Gasteiger partial charge < -0.3 is 14.3 Å². The van der Waals surface area contributed by atoms with E-state index in [2.05, 4.69) is 37.4 Å². The molecule has 3 aromatic heterocycles. The predicted octanol–water partition coefficient (Wildman–Crippen LogP) is 1.69. The monoisotopic (exact) mass is 555 g/mol. The summed E-state index contributed by atoms with van der Waals surface area (Å²) in [5, 5.41) is 13.9. The highest BCUT2D eigenvalue weighted by atomic mass is 32.2. The van der Waals surface area contributed by atoms with Gasteiger partial charge in [0, 0.05) is 39.4 Å². The molecular weight excluding hydrogens is 522 g/mol. The van der Waals surface area contributed by atoms with E-state index in [0.29, 0.717) is 67.5 Å². The molecule has 1 aliphatic heterocycles. The Morgan fingerprint density at radius 2 is 1.90 bits per heavy atom. The molecule has 0 bridgehead atoms. The van der Waals surface area contributed by atoms with Crippen LogP contribution in [-0.4, -0.2) is 85.6 Å². The van der Waals surface area contributed by atoms with E-state index < -0.39 is 10.0 Å². The fourth-order valence-corrected chi connectivity index (χ4v) is 6.33. The van der Waals surface area contributed by atoms with Crippen molar-refractivity contribution in [1.82, 2.24) is 44.4 Å². The summed E-state index contributed by atoms with van der Waals surface area (Å²) in [6.07, 6.45) is 4.38. The third kappa shape index (κ3) is 5.44. The second-order valence-corrected chi connectivity index (χ2v) is 11.6. The number of ether oxygens (including phenoxy) is 1. The van der Waals surface area contributed by atoms with Gasteiger partial charge in [0.05, 0.1) is 29.1 Å². The van der Waals surface area contributed by atoms with Crippen LogP contribution >= 0.6 is 0 Å². The minimum Gasteiger partial charge on any atom is -0.493 e. The number of tetrazole rings is 1. The molecule has 1 fully saturated rings. The number of nitrogens with zero attached hydrogens (tertiary/aromatic N) is 7. The van der Waals surface area contributed by atoms with Crippen LogP contribution in [0.3, 0.4) is 0 Å². The zero-order chi connectivity index (χ0) is 27.6. The molecule has 0 unspecified atom stereocenters. The van der Waals surface area contributed by atoms with E-state index in [9.17, 15) is 13.2 Å². The average molecular weight is 556 g/mol. The largest absolute Gasteiger partial charge is 0.493 e. The van der Waals surface area contributed by atoms with Gasteiger partial charge in [-0.3, -0.25) is 9.69 Å². The van der Waals surface area contributed by atoms with Gasteiger partial charge in [-0.25, -0.2) is 13.4 Å². The number of benzene rings is 1. The van der Waals surface area contributed by atoms with Crippen LogP contribution in [-0.2, 0) is 30.0 Å². The number of aromatic nitrogens is 7. The highest BCUT2D eigenvalue weighted by molar-refractivity contribution is 7.89. The van der Waals surface area contributed by atoms with Crippen molar-refractivity contribution < 1.29 is 13.2 Å². The normalized spacial score (nSPS) is 15.3. The van der Waals surface area contributed by atoms with Gasteiger partial charge >= 0.3 is 0 Å². The first-order valence-electron chi connectivity index (χ1n) is 13.1. The van der Waals surface area contributed by atoms with Gasteiger partial charge in [0.25, 0.3) is 5.56 Å². The van der Waals surface area contributed by atoms with Crippen LogP contribution in [0.5, 0.6) is 5.75 Å². The highest BCUT2D eigenvalue weighted by Crippen LogP contribution is 2.32. The van der Waals surface area contributed by atoms with E-state index >= 15 is 0 Å². The van der Waals surface area contributed by atoms with Crippen molar-refractivity contribution in [2.24, 2.45) is 7.05 Å². The van der Waals surface area contributed by atoms with Crippen LogP contribution in [0.2, 0.25) is 0 Å². The first-order chi connectivity index (χ1) is 18.8. The fraction of sp³-hybridized carbons (Fsp3) is 0.480. The number of hydrogen-bond donors (Lipinski definition) is 2. The van der Waals surface area contributed by atoms with E-state index in [-0.39, 0.29) is 16.3 Å². The standard InChI is InChI=1S/C25H33N9O4S/c1-4-6-17-15-32(3)23-22(17)26-24(27-25(23)35)19-14-18(7-8-20(19)38-13-5-2)39(36,37)34-11-9-33(10-12-34)16-21-28-30-31-29-21/h7-8,14-15H,4-6,9-13,16H2,1-3H3,(H,26,27,35)(H,28,29,30,31). The Morgan fingerprint density at radius 1 is 1.10 bits per heavy atom. The number of sulfonamides is 1. The number of piperazine rings is 1. The van der Waals surface area contributed by atoms with Crippen LogP contribution in [0.4, 0.5) is 0 Å². The summed E-state index contributed by atoms with van der Waals surface area (Å²) < 4.78 is 36.6. The Kier molecular flexibility index (Phi) is 7.77. The second-order valence-electron chi connectivity index (χ2n) is 9.64. The van der Waals surface area contributed by atoms with Crippen molar-refractivity contribution in [1.29, 1.82) is 0 Å². The number of aryl methyl sites for hydroxylation is 2. The maximum Gasteiger partial charge on any atom is 0.275 e. The minimum absolute atomic E-state index is 0.123. The number of hydrogen-bond acceptors (Lipinski definition) is 9. The quantitative estimate of drug-likeness (QED) is 0.297. The van der Waals surface area contributed by atoms with E-state index in [1.807, 2.05) is 20.2 Å². The third-order valence-corrected chi connectivity index (χ3v) is 8.71. The molecule has 208 valence electrons. The van der Waals surface area contributed by atoms with Crippen molar-refractivity contribution in [2.75, 3.05) is 32.8 Å². The van der Waals surface area contributed by atoms with Gasteiger partial charge in [0.1, 0.15) is 17.1 Å². The maximum absolute atomic E-state index is 13.7. The molecule has 39 heavy (non-hydrogen) atoms. The molecule has 2 N–H and O–H groups in total. The molecule has 4 heterocycles.